The Bertz CT molecular complexity index is 770. The monoisotopic (exact) mass is 336 g/mol. The first-order valence-electron chi connectivity index (χ1n) is 7.34. The molecule has 1 heterocycles. The summed E-state index contributed by atoms with van der Waals surface area (Å²) in [6.45, 7) is 4.89. The van der Waals surface area contributed by atoms with Crippen LogP contribution in [0.3, 0.4) is 0 Å². The minimum atomic E-state index is -2.61. The molecule has 0 spiro atoms. The van der Waals surface area contributed by atoms with Gasteiger partial charge in [-0.1, -0.05) is 12.1 Å². The van der Waals surface area contributed by atoms with E-state index >= 15 is 0 Å². The van der Waals surface area contributed by atoms with E-state index in [4.69, 9.17) is 4.74 Å². The highest BCUT2D eigenvalue weighted by Gasteiger charge is 2.18. The van der Waals surface area contributed by atoms with Crippen molar-refractivity contribution in [2.24, 2.45) is 0 Å². The van der Waals surface area contributed by atoms with Gasteiger partial charge in [0.15, 0.2) is 0 Å². The molecule has 0 aliphatic carbocycles. The number of ether oxygens (including phenoxy) is 1. The second kappa shape index (κ2) is 6.90. The summed E-state index contributed by atoms with van der Waals surface area (Å²) in [5.41, 5.74) is -0.264. The summed E-state index contributed by atoms with van der Waals surface area (Å²) in [5, 5.41) is 2.90. The number of halogens is 2. The maximum atomic E-state index is 12.7. The topological polar surface area (TPSA) is 68.3 Å². The number of pyridine rings is 1. The largest absolute Gasteiger partial charge is 0.459 e. The molecule has 1 amide bonds. The van der Waals surface area contributed by atoms with Gasteiger partial charge in [0, 0.05) is 17.1 Å². The lowest BCUT2D eigenvalue weighted by molar-refractivity contribution is -0.153. The van der Waals surface area contributed by atoms with E-state index in [0.29, 0.717) is 5.39 Å². The van der Waals surface area contributed by atoms with Gasteiger partial charge in [0.1, 0.15) is 12.1 Å². The fourth-order valence-corrected chi connectivity index (χ4v) is 2.12. The van der Waals surface area contributed by atoms with Crippen molar-refractivity contribution in [2.45, 2.75) is 32.8 Å². The molecule has 0 saturated carbocycles. The first kappa shape index (κ1) is 17.8. The molecule has 0 radical (unpaired) electrons. The summed E-state index contributed by atoms with van der Waals surface area (Å²) < 4.78 is 30.6. The first-order chi connectivity index (χ1) is 11.2. The summed E-state index contributed by atoms with van der Waals surface area (Å²) in [4.78, 5) is 27.9. The molecule has 0 atom stereocenters. The van der Waals surface area contributed by atoms with Crippen LogP contribution in [0.25, 0.3) is 10.9 Å². The van der Waals surface area contributed by atoms with Gasteiger partial charge in [-0.15, -0.1) is 0 Å². The van der Waals surface area contributed by atoms with Crippen LogP contribution < -0.4 is 5.32 Å². The van der Waals surface area contributed by atoms with Gasteiger partial charge in [-0.2, -0.15) is 0 Å². The Morgan fingerprint density at radius 1 is 1.25 bits per heavy atom. The van der Waals surface area contributed by atoms with Crippen molar-refractivity contribution in [3.8, 4) is 0 Å². The predicted molar refractivity (Wildman–Crippen MR) is 84.9 cm³/mol. The van der Waals surface area contributed by atoms with Crippen molar-refractivity contribution in [2.75, 3.05) is 6.54 Å². The summed E-state index contributed by atoms with van der Waals surface area (Å²) in [5.74, 6) is -1.06. The van der Waals surface area contributed by atoms with Gasteiger partial charge >= 0.3 is 5.97 Å². The highest BCUT2D eigenvalue weighted by Crippen LogP contribution is 2.24. The fourth-order valence-electron chi connectivity index (χ4n) is 2.12. The lowest BCUT2D eigenvalue weighted by Crippen LogP contribution is -2.34. The molecule has 0 aliphatic heterocycles. The number of aromatic nitrogens is 1. The molecule has 5 nitrogen and oxygen atoms in total. The third-order valence-electron chi connectivity index (χ3n) is 3.08. The van der Waals surface area contributed by atoms with Crippen molar-refractivity contribution in [1.29, 1.82) is 0 Å². The Morgan fingerprint density at radius 2 is 1.96 bits per heavy atom. The number of nitrogens with one attached hydrogen (secondary N) is 1. The zero-order valence-electron chi connectivity index (χ0n) is 13.6. The predicted octanol–water partition coefficient (Wildman–Crippen LogP) is 3.24. The van der Waals surface area contributed by atoms with Gasteiger partial charge in [-0.25, -0.2) is 8.78 Å². The fraction of sp³-hybridized carbons (Fsp3) is 0.353. The van der Waals surface area contributed by atoms with Crippen molar-refractivity contribution in [3.63, 3.8) is 0 Å². The third kappa shape index (κ3) is 4.47. The average molecular weight is 336 g/mol. The Morgan fingerprint density at radius 3 is 2.58 bits per heavy atom. The number of hydrogen-bond donors (Lipinski definition) is 1. The Hall–Kier alpha value is -2.57. The number of fused-ring (bicyclic) bond motifs is 1. The first-order valence-corrected chi connectivity index (χ1v) is 7.34. The van der Waals surface area contributed by atoms with E-state index < -0.39 is 23.9 Å². The van der Waals surface area contributed by atoms with Gasteiger partial charge in [0.25, 0.3) is 12.3 Å². The van der Waals surface area contributed by atoms with Gasteiger partial charge < -0.3 is 10.1 Å². The van der Waals surface area contributed by atoms with Crippen LogP contribution in [-0.4, -0.2) is 29.0 Å². The molecule has 2 rings (SSSR count). The molecule has 0 fully saturated rings. The standard InChI is InChI=1S/C17H18F2N2O3/c1-17(2,3)24-14(22)9-21-16(23)12-6-7-20-13-8-10(15(18)19)4-5-11(12)13/h4-8,15H,9H2,1-3H3,(H,21,23). The molecule has 1 aromatic carbocycles. The van der Waals surface area contributed by atoms with Gasteiger partial charge in [-0.3, -0.25) is 14.6 Å². The maximum absolute atomic E-state index is 12.7. The van der Waals surface area contributed by atoms with Crippen LogP contribution >= 0.6 is 0 Å². The summed E-state index contributed by atoms with van der Waals surface area (Å²) in [6.07, 6.45) is -1.25. The van der Waals surface area contributed by atoms with Crippen molar-refractivity contribution >= 4 is 22.8 Å². The zero-order chi connectivity index (χ0) is 17.9. The van der Waals surface area contributed by atoms with Crippen molar-refractivity contribution in [1.82, 2.24) is 10.3 Å². The summed E-state index contributed by atoms with van der Waals surface area (Å²) in [6, 6.07) is 5.38. The molecule has 0 unspecified atom stereocenters. The highest BCUT2D eigenvalue weighted by molar-refractivity contribution is 6.06. The second-order valence-corrected chi connectivity index (χ2v) is 6.20. The number of esters is 1. The Labute approximate surface area is 138 Å². The van der Waals surface area contributed by atoms with E-state index in [-0.39, 0.29) is 23.2 Å². The van der Waals surface area contributed by atoms with Gasteiger partial charge in [-0.05, 0) is 32.9 Å². The lowest BCUT2D eigenvalue weighted by atomic mass is 10.1. The Balaban J connectivity index is 2.16. The number of benzene rings is 1. The molecule has 2 aromatic rings. The Kier molecular flexibility index (Phi) is 5.11. The van der Waals surface area contributed by atoms with E-state index in [9.17, 15) is 18.4 Å². The minimum absolute atomic E-state index is 0.165. The highest BCUT2D eigenvalue weighted by atomic mass is 19.3. The lowest BCUT2D eigenvalue weighted by Gasteiger charge is -2.19. The molecule has 0 saturated heterocycles. The quantitative estimate of drug-likeness (QED) is 0.870. The second-order valence-electron chi connectivity index (χ2n) is 6.20. The van der Waals surface area contributed by atoms with E-state index in [1.54, 1.807) is 20.8 Å². The molecular weight excluding hydrogens is 318 g/mol. The summed E-state index contributed by atoms with van der Waals surface area (Å²) in [7, 11) is 0. The van der Waals surface area contributed by atoms with Crippen LogP contribution in [0, 0.1) is 0 Å². The van der Waals surface area contributed by atoms with Crippen LogP contribution in [0.2, 0.25) is 0 Å². The smallest absolute Gasteiger partial charge is 0.325 e. The molecular formula is C17H18F2N2O3. The van der Waals surface area contributed by atoms with Crippen LogP contribution in [0.1, 0.15) is 43.1 Å². The van der Waals surface area contributed by atoms with E-state index in [1.807, 2.05) is 0 Å². The number of rotatable bonds is 4. The number of carbonyl (C=O) groups is 2. The van der Waals surface area contributed by atoms with Gasteiger partial charge in [0.05, 0.1) is 11.1 Å². The molecule has 1 aromatic heterocycles. The molecule has 24 heavy (non-hydrogen) atoms. The summed E-state index contributed by atoms with van der Waals surface area (Å²) >= 11 is 0. The molecule has 0 bridgehead atoms. The zero-order valence-corrected chi connectivity index (χ0v) is 13.6. The third-order valence-corrected chi connectivity index (χ3v) is 3.08. The number of amides is 1. The van der Waals surface area contributed by atoms with E-state index in [1.165, 1.54) is 30.5 Å². The average Bonchev–Trinajstić information content (AvgIpc) is 2.49. The molecule has 7 heteroatoms. The SMILES string of the molecule is CC(C)(C)OC(=O)CNC(=O)c1ccnc2cc(C(F)F)ccc12. The van der Waals surface area contributed by atoms with Gasteiger partial charge in [0.2, 0.25) is 0 Å². The van der Waals surface area contributed by atoms with Crippen LogP contribution in [-0.2, 0) is 9.53 Å². The van der Waals surface area contributed by atoms with Crippen LogP contribution in [0.5, 0.6) is 0 Å². The van der Waals surface area contributed by atoms with E-state index in [0.717, 1.165) is 0 Å². The maximum Gasteiger partial charge on any atom is 0.325 e. The number of hydrogen-bond acceptors (Lipinski definition) is 4. The van der Waals surface area contributed by atoms with E-state index in [2.05, 4.69) is 10.3 Å². The minimum Gasteiger partial charge on any atom is -0.459 e. The number of carbonyl (C=O) groups excluding carboxylic acids is 2. The number of alkyl halides is 2. The number of nitrogens with zero attached hydrogens (tertiary/aromatic N) is 1. The van der Waals surface area contributed by atoms with Crippen molar-refractivity contribution < 1.29 is 23.1 Å². The molecule has 128 valence electrons. The van der Waals surface area contributed by atoms with Crippen LogP contribution in [0.4, 0.5) is 8.78 Å². The van der Waals surface area contributed by atoms with Crippen LogP contribution in [0.15, 0.2) is 30.5 Å². The normalized spacial score (nSPS) is 11.6. The molecule has 1 N–H and O–H groups in total. The van der Waals surface area contributed by atoms with Crippen molar-refractivity contribution in [3.05, 3.63) is 41.6 Å². The molecule has 0 aliphatic rings.